The molecule has 0 amide bonds. The van der Waals surface area contributed by atoms with Crippen LogP contribution in [0.25, 0.3) is 0 Å². The summed E-state index contributed by atoms with van der Waals surface area (Å²) in [6.07, 6.45) is 5.07. The second kappa shape index (κ2) is 4.72. The van der Waals surface area contributed by atoms with E-state index in [-0.39, 0.29) is 5.92 Å². The van der Waals surface area contributed by atoms with Gasteiger partial charge in [0.15, 0.2) is 0 Å². The summed E-state index contributed by atoms with van der Waals surface area (Å²) in [5.74, 6) is -0.143. The zero-order chi connectivity index (χ0) is 11.6. The van der Waals surface area contributed by atoms with E-state index in [0.717, 1.165) is 12.5 Å². The summed E-state index contributed by atoms with van der Waals surface area (Å²) in [4.78, 5) is 10.8. The third kappa shape index (κ3) is 3.19. The van der Waals surface area contributed by atoms with E-state index >= 15 is 0 Å². The monoisotopic (exact) mass is 227 g/mol. The number of aliphatic carboxylic acids is 1. The second-order valence-electron chi connectivity index (χ2n) is 5.41. The van der Waals surface area contributed by atoms with E-state index in [1.54, 1.807) is 0 Å². The molecule has 0 saturated heterocycles. The Balaban J connectivity index is 1.69. The number of carboxylic acid groups (broad SMARTS) is 1. The summed E-state index contributed by atoms with van der Waals surface area (Å²) in [5.41, 5.74) is -0.666. The molecule has 0 aromatic carbocycles. The van der Waals surface area contributed by atoms with Crippen LogP contribution in [0.15, 0.2) is 0 Å². The van der Waals surface area contributed by atoms with Gasteiger partial charge in [0.25, 0.3) is 0 Å². The van der Waals surface area contributed by atoms with Gasteiger partial charge < -0.3 is 15.5 Å². The molecule has 0 spiro atoms. The molecule has 0 heterocycles. The molecule has 0 aromatic heterocycles. The van der Waals surface area contributed by atoms with E-state index < -0.39 is 11.6 Å². The summed E-state index contributed by atoms with van der Waals surface area (Å²) in [7, 11) is 0. The Morgan fingerprint density at radius 3 is 2.38 bits per heavy atom. The lowest BCUT2D eigenvalue weighted by molar-refractivity contribution is -0.144. The molecular formula is C12H21NO3. The molecule has 92 valence electrons. The van der Waals surface area contributed by atoms with Gasteiger partial charge in [-0.15, -0.1) is 0 Å². The molecular weight excluding hydrogens is 206 g/mol. The molecule has 2 rings (SSSR count). The Hall–Kier alpha value is -0.610. The van der Waals surface area contributed by atoms with Gasteiger partial charge in [-0.2, -0.15) is 0 Å². The van der Waals surface area contributed by atoms with Gasteiger partial charge in [0.1, 0.15) is 0 Å². The van der Waals surface area contributed by atoms with E-state index in [4.69, 9.17) is 5.11 Å². The third-order valence-electron chi connectivity index (χ3n) is 3.85. The summed E-state index contributed by atoms with van der Waals surface area (Å²) in [6, 6.07) is 0. The van der Waals surface area contributed by atoms with Crippen LogP contribution in [0.2, 0.25) is 0 Å². The first kappa shape index (κ1) is 11.9. The minimum absolute atomic E-state index is 0.247. The minimum Gasteiger partial charge on any atom is -0.481 e. The minimum atomic E-state index is -0.715. The van der Waals surface area contributed by atoms with Gasteiger partial charge in [-0.05, 0) is 51.0 Å². The van der Waals surface area contributed by atoms with Gasteiger partial charge in [-0.3, -0.25) is 4.79 Å². The van der Waals surface area contributed by atoms with Crippen LogP contribution >= 0.6 is 0 Å². The maximum atomic E-state index is 10.8. The smallest absolute Gasteiger partial charge is 0.306 e. The normalized spacial score (nSPS) is 34.9. The number of carboxylic acids is 1. The van der Waals surface area contributed by atoms with Crippen LogP contribution in [-0.4, -0.2) is 34.9 Å². The number of carbonyl (C=O) groups is 1. The molecule has 0 aromatic rings. The molecule has 2 aliphatic rings. The third-order valence-corrected chi connectivity index (χ3v) is 3.85. The lowest BCUT2D eigenvalue weighted by Crippen LogP contribution is -2.44. The fourth-order valence-corrected chi connectivity index (χ4v) is 2.41. The molecule has 2 fully saturated rings. The predicted octanol–water partition coefficient (Wildman–Crippen LogP) is 0.992. The Kier molecular flexibility index (Phi) is 3.50. The van der Waals surface area contributed by atoms with Crippen molar-refractivity contribution in [1.29, 1.82) is 0 Å². The van der Waals surface area contributed by atoms with E-state index in [9.17, 15) is 9.90 Å². The molecule has 2 aliphatic carbocycles. The van der Waals surface area contributed by atoms with Crippen LogP contribution in [0.5, 0.6) is 0 Å². The molecule has 0 atom stereocenters. The molecule has 16 heavy (non-hydrogen) atoms. The van der Waals surface area contributed by atoms with Gasteiger partial charge in [0.2, 0.25) is 0 Å². The molecule has 0 radical (unpaired) electrons. The number of hydrogen-bond donors (Lipinski definition) is 3. The molecule has 0 bridgehead atoms. The average Bonchev–Trinajstić information content (AvgIpc) is 3.02. The molecule has 4 heteroatoms. The van der Waals surface area contributed by atoms with E-state index in [1.807, 2.05) is 0 Å². The van der Waals surface area contributed by atoms with Crippen molar-refractivity contribution < 1.29 is 15.0 Å². The fourth-order valence-electron chi connectivity index (χ4n) is 2.41. The van der Waals surface area contributed by atoms with Crippen molar-refractivity contribution in [3.63, 3.8) is 0 Å². The highest BCUT2D eigenvalue weighted by molar-refractivity contribution is 5.70. The Morgan fingerprint density at radius 1 is 1.25 bits per heavy atom. The first-order chi connectivity index (χ1) is 7.59. The number of nitrogens with one attached hydrogen (secondary N) is 1. The van der Waals surface area contributed by atoms with E-state index in [1.165, 1.54) is 12.8 Å². The standard InChI is InChI=1S/C12H21NO3/c14-11(15)10-3-5-12(16,6-4-10)8-13-7-9-1-2-9/h9-10,13,16H,1-8H2,(H,14,15). The van der Waals surface area contributed by atoms with Crippen molar-refractivity contribution in [2.45, 2.75) is 44.1 Å². The van der Waals surface area contributed by atoms with Gasteiger partial charge >= 0.3 is 5.97 Å². The lowest BCUT2D eigenvalue weighted by Gasteiger charge is -2.34. The molecule has 2 saturated carbocycles. The number of aliphatic hydroxyl groups is 1. The van der Waals surface area contributed by atoms with Crippen molar-refractivity contribution in [3.8, 4) is 0 Å². The average molecular weight is 227 g/mol. The summed E-state index contributed by atoms with van der Waals surface area (Å²) in [5, 5.41) is 22.4. The topological polar surface area (TPSA) is 69.6 Å². The molecule has 3 N–H and O–H groups in total. The van der Waals surface area contributed by atoms with Crippen molar-refractivity contribution in [2.75, 3.05) is 13.1 Å². The Morgan fingerprint density at radius 2 is 1.88 bits per heavy atom. The maximum absolute atomic E-state index is 10.8. The van der Waals surface area contributed by atoms with Crippen LogP contribution in [0.1, 0.15) is 38.5 Å². The quantitative estimate of drug-likeness (QED) is 0.655. The largest absolute Gasteiger partial charge is 0.481 e. The van der Waals surface area contributed by atoms with Crippen LogP contribution in [0.3, 0.4) is 0 Å². The first-order valence-corrected chi connectivity index (χ1v) is 6.25. The maximum Gasteiger partial charge on any atom is 0.306 e. The van der Waals surface area contributed by atoms with Crippen LogP contribution in [0.4, 0.5) is 0 Å². The van der Waals surface area contributed by atoms with Gasteiger partial charge in [-0.25, -0.2) is 0 Å². The zero-order valence-electron chi connectivity index (χ0n) is 9.61. The van der Waals surface area contributed by atoms with Crippen molar-refractivity contribution in [3.05, 3.63) is 0 Å². The Labute approximate surface area is 96.0 Å². The van der Waals surface area contributed by atoms with Gasteiger partial charge in [0, 0.05) is 6.54 Å². The highest BCUT2D eigenvalue weighted by Crippen LogP contribution is 2.32. The highest BCUT2D eigenvalue weighted by atomic mass is 16.4. The predicted molar refractivity (Wildman–Crippen MR) is 60.1 cm³/mol. The SMILES string of the molecule is O=C(O)C1CCC(O)(CNCC2CC2)CC1. The molecule has 0 unspecified atom stereocenters. The zero-order valence-corrected chi connectivity index (χ0v) is 9.61. The molecule has 0 aliphatic heterocycles. The lowest BCUT2D eigenvalue weighted by atomic mass is 9.79. The van der Waals surface area contributed by atoms with Crippen molar-refractivity contribution in [1.82, 2.24) is 5.32 Å². The summed E-state index contributed by atoms with van der Waals surface area (Å²) >= 11 is 0. The van der Waals surface area contributed by atoms with Crippen molar-refractivity contribution >= 4 is 5.97 Å². The fraction of sp³-hybridized carbons (Fsp3) is 0.917. The Bertz CT molecular complexity index is 255. The second-order valence-corrected chi connectivity index (χ2v) is 5.41. The van der Waals surface area contributed by atoms with Crippen LogP contribution < -0.4 is 5.32 Å². The van der Waals surface area contributed by atoms with Crippen molar-refractivity contribution in [2.24, 2.45) is 11.8 Å². The van der Waals surface area contributed by atoms with Crippen LogP contribution in [-0.2, 0) is 4.79 Å². The number of rotatable bonds is 5. The van der Waals surface area contributed by atoms with E-state index in [0.29, 0.717) is 32.2 Å². The van der Waals surface area contributed by atoms with Crippen LogP contribution in [0, 0.1) is 11.8 Å². The van der Waals surface area contributed by atoms with E-state index in [2.05, 4.69) is 5.32 Å². The van der Waals surface area contributed by atoms with Gasteiger partial charge in [0.05, 0.1) is 11.5 Å². The highest BCUT2D eigenvalue weighted by Gasteiger charge is 2.35. The summed E-state index contributed by atoms with van der Waals surface area (Å²) < 4.78 is 0. The van der Waals surface area contributed by atoms with Gasteiger partial charge in [-0.1, -0.05) is 0 Å². The number of hydrogen-bond acceptors (Lipinski definition) is 3. The summed E-state index contributed by atoms with van der Waals surface area (Å²) in [6.45, 7) is 1.63. The first-order valence-electron chi connectivity index (χ1n) is 6.25. The molecule has 4 nitrogen and oxygen atoms in total.